The normalized spacial score (nSPS) is 10.5. The maximum absolute atomic E-state index is 10.6. The standard InChI is InChI=1S/C24H17ClN4O.C2HF3O2/c25-22-20(15-26)23(28-24(29-27)21(22)16-7-3-1-4-8-16)17-11-13-19(14-12-17)30-18-9-5-2-6-10-18;3-2(4,5)1(6)7/h1-14H,27H2,(H,28,29);(H,6,7). The molecule has 1 aromatic heterocycles. The molecule has 0 saturated heterocycles. The Balaban J connectivity index is 0.000000479. The predicted molar refractivity (Wildman–Crippen MR) is 133 cm³/mol. The smallest absolute Gasteiger partial charge is 0.475 e. The summed E-state index contributed by atoms with van der Waals surface area (Å²) in [6, 6.07) is 28.4. The Bertz CT molecular complexity index is 1410. The topological polar surface area (TPSA) is 121 Å². The van der Waals surface area contributed by atoms with Crippen molar-refractivity contribution in [3.05, 3.63) is 95.5 Å². The fraction of sp³-hybridized carbons (Fsp3) is 0.0385. The number of hydrogen-bond acceptors (Lipinski definition) is 6. The van der Waals surface area contributed by atoms with Gasteiger partial charge in [-0.15, -0.1) is 0 Å². The van der Waals surface area contributed by atoms with E-state index in [0.717, 1.165) is 16.9 Å². The molecule has 11 heteroatoms. The van der Waals surface area contributed by atoms with Gasteiger partial charge in [-0.25, -0.2) is 15.6 Å². The molecule has 4 rings (SSSR count). The number of aromatic nitrogens is 1. The minimum Gasteiger partial charge on any atom is -0.475 e. The van der Waals surface area contributed by atoms with Crippen LogP contribution in [0.1, 0.15) is 5.56 Å². The molecule has 7 nitrogen and oxygen atoms in total. The lowest BCUT2D eigenvalue weighted by Crippen LogP contribution is -2.21. The molecule has 1 heterocycles. The molecule has 4 aromatic rings. The third kappa shape index (κ3) is 6.76. The molecule has 0 spiro atoms. The van der Waals surface area contributed by atoms with E-state index in [0.29, 0.717) is 27.8 Å². The number of halogens is 4. The average molecular weight is 527 g/mol. The summed E-state index contributed by atoms with van der Waals surface area (Å²) in [6.07, 6.45) is -5.08. The quantitative estimate of drug-likeness (QED) is 0.196. The first-order valence-corrected chi connectivity index (χ1v) is 10.8. The Kier molecular flexibility index (Phi) is 8.68. The van der Waals surface area contributed by atoms with E-state index in [4.69, 9.17) is 32.1 Å². The Hall–Kier alpha value is -4.59. The summed E-state index contributed by atoms with van der Waals surface area (Å²) in [4.78, 5) is 13.5. The molecule has 37 heavy (non-hydrogen) atoms. The van der Waals surface area contributed by atoms with Gasteiger partial charge < -0.3 is 15.3 Å². The molecule has 0 saturated carbocycles. The highest BCUT2D eigenvalue weighted by atomic mass is 35.5. The van der Waals surface area contributed by atoms with Crippen LogP contribution in [0.2, 0.25) is 5.02 Å². The van der Waals surface area contributed by atoms with E-state index >= 15 is 0 Å². The first-order chi connectivity index (χ1) is 17.7. The minimum absolute atomic E-state index is 0.284. The number of hydrazine groups is 1. The molecular weight excluding hydrogens is 509 g/mol. The van der Waals surface area contributed by atoms with E-state index in [2.05, 4.69) is 16.5 Å². The van der Waals surface area contributed by atoms with Crippen LogP contribution in [0.25, 0.3) is 22.4 Å². The highest BCUT2D eigenvalue weighted by Crippen LogP contribution is 2.40. The average Bonchev–Trinajstić information content (AvgIpc) is 2.89. The van der Waals surface area contributed by atoms with Crippen molar-refractivity contribution in [3.8, 4) is 40.0 Å². The lowest BCUT2D eigenvalue weighted by atomic mass is 10.00. The molecule has 0 aliphatic rings. The number of nitrogen functional groups attached to an aromatic ring is 1. The van der Waals surface area contributed by atoms with Crippen LogP contribution < -0.4 is 16.0 Å². The molecule has 188 valence electrons. The minimum atomic E-state index is -5.08. The molecule has 0 fully saturated rings. The maximum Gasteiger partial charge on any atom is 0.490 e. The van der Waals surface area contributed by atoms with Crippen molar-refractivity contribution >= 4 is 23.4 Å². The number of nitrogens with zero attached hydrogens (tertiary/aromatic N) is 2. The number of hydrogen-bond donors (Lipinski definition) is 3. The number of carboxylic acids is 1. The van der Waals surface area contributed by atoms with Gasteiger partial charge in [-0.05, 0) is 42.0 Å². The van der Waals surface area contributed by atoms with Gasteiger partial charge in [0.2, 0.25) is 0 Å². The van der Waals surface area contributed by atoms with E-state index < -0.39 is 12.1 Å². The largest absolute Gasteiger partial charge is 0.490 e. The number of nitrogens with two attached hydrogens (primary N) is 1. The first-order valence-electron chi connectivity index (χ1n) is 10.4. The molecule has 4 N–H and O–H groups in total. The second-order valence-electron chi connectivity index (χ2n) is 7.24. The lowest BCUT2D eigenvalue weighted by Gasteiger charge is -2.15. The molecular formula is C26H18ClF3N4O3. The SMILES string of the molecule is N#Cc1c(-c2ccc(Oc3ccccc3)cc2)nc(NN)c(-c2ccccc2)c1Cl.O=C(O)C(F)(F)F. The second kappa shape index (κ2) is 11.9. The second-order valence-corrected chi connectivity index (χ2v) is 7.62. The highest BCUT2D eigenvalue weighted by molar-refractivity contribution is 6.35. The number of carbonyl (C=O) groups is 1. The van der Waals surface area contributed by atoms with Crippen molar-refractivity contribution in [1.82, 2.24) is 4.98 Å². The Labute approximate surface area is 214 Å². The number of anilines is 1. The number of aliphatic carboxylic acids is 1. The van der Waals surface area contributed by atoms with Gasteiger partial charge in [0.1, 0.15) is 23.4 Å². The summed E-state index contributed by atoms with van der Waals surface area (Å²) in [5.74, 6) is 4.78. The number of carboxylic acid groups (broad SMARTS) is 1. The number of pyridine rings is 1. The number of rotatable bonds is 5. The molecule has 3 aromatic carbocycles. The van der Waals surface area contributed by atoms with Crippen LogP contribution in [0.4, 0.5) is 19.0 Å². The molecule has 0 atom stereocenters. The Morgan fingerprint density at radius 1 is 0.946 bits per heavy atom. The highest BCUT2D eigenvalue weighted by Gasteiger charge is 2.38. The van der Waals surface area contributed by atoms with E-state index in [1.165, 1.54) is 0 Å². The summed E-state index contributed by atoms with van der Waals surface area (Å²) in [5.41, 5.74) is 5.47. The molecule has 0 aliphatic heterocycles. The summed E-state index contributed by atoms with van der Waals surface area (Å²) >= 11 is 6.64. The van der Waals surface area contributed by atoms with Gasteiger partial charge in [-0.3, -0.25) is 0 Å². The van der Waals surface area contributed by atoms with Gasteiger partial charge in [0, 0.05) is 11.1 Å². The van der Waals surface area contributed by atoms with Crippen molar-refractivity contribution in [3.63, 3.8) is 0 Å². The number of alkyl halides is 3. The molecule has 0 aliphatic carbocycles. The number of ether oxygens (including phenoxy) is 1. The fourth-order valence-corrected chi connectivity index (χ4v) is 3.48. The number of nitriles is 1. The summed E-state index contributed by atoms with van der Waals surface area (Å²) in [6.45, 7) is 0. The molecule has 0 bridgehead atoms. The summed E-state index contributed by atoms with van der Waals surface area (Å²) in [7, 11) is 0. The monoisotopic (exact) mass is 526 g/mol. The molecule has 0 amide bonds. The zero-order chi connectivity index (χ0) is 27.0. The van der Waals surface area contributed by atoms with Crippen LogP contribution >= 0.6 is 11.6 Å². The van der Waals surface area contributed by atoms with Gasteiger partial charge >= 0.3 is 12.1 Å². The molecule has 0 unspecified atom stereocenters. The number of para-hydroxylation sites is 1. The zero-order valence-corrected chi connectivity index (χ0v) is 19.6. The van der Waals surface area contributed by atoms with Crippen molar-refractivity contribution in [2.24, 2.45) is 5.84 Å². The van der Waals surface area contributed by atoms with E-state index in [1.54, 1.807) is 0 Å². The van der Waals surface area contributed by atoms with Gasteiger partial charge in [0.25, 0.3) is 0 Å². The third-order valence-corrected chi connectivity index (χ3v) is 5.17. The molecule has 0 radical (unpaired) electrons. The third-order valence-electron chi connectivity index (χ3n) is 4.80. The van der Waals surface area contributed by atoms with Crippen LogP contribution in [0, 0.1) is 11.3 Å². The van der Waals surface area contributed by atoms with Gasteiger partial charge in [0.15, 0.2) is 0 Å². The van der Waals surface area contributed by atoms with E-state index in [9.17, 15) is 18.4 Å². The maximum atomic E-state index is 10.6. The van der Waals surface area contributed by atoms with Crippen molar-refractivity contribution in [2.75, 3.05) is 5.43 Å². The van der Waals surface area contributed by atoms with Gasteiger partial charge in [-0.2, -0.15) is 18.4 Å². The van der Waals surface area contributed by atoms with Crippen LogP contribution in [0.3, 0.4) is 0 Å². The lowest BCUT2D eigenvalue weighted by molar-refractivity contribution is -0.192. The van der Waals surface area contributed by atoms with Gasteiger partial charge in [-0.1, -0.05) is 60.1 Å². The van der Waals surface area contributed by atoms with Crippen LogP contribution in [-0.4, -0.2) is 22.2 Å². The van der Waals surface area contributed by atoms with E-state index in [1.807, 2.05) is 84.9 Å². The Morgan fingerprint density at radius 3 is 1.95 bits per heavy atom. The predicted octanol–water partition coefficient (Wildman–Crippen LogP) is 6.65. The fourth-order valence-electron chi connectivity index (χ4n) is 3.15. The van der Waals surface area contributed by atoms with Crippen molar-refractivity contribution in [1.29, 1.82) is 5.26 Å². The van der Waals surface area contributed by atoms with Crippen LogP contribution in [-0.2, 0) is 4.79 Å². The van der Waals surface area contributed by atoms with Crippen LogP contribution in [0.5, 0.6) is 11.5 Å². The number of nitrogens with one attached hydrogen (secondary N) is 1. The van der Waals surface area contributed by atoms with Crippen molar-refractivity contribution in [2.45, 2.75) is 6.18 Å². The van der Waals surface area contributed by atoms with Crippen molar-refractivity contribution < 1.29 is 27.8 Å². The summed E-state index contributed by atoms with van der Waals surface area (Å²) < 4.78 is 37.6. The summed E-state index contributed by atoms with van der Waals surface area (Å²) in [5, 5.41) is 17.2. The zero-order valence-electron chi connectivity index (χ0n) is 18.8. The van der Waals surface area contributed by atoms with Gasteiger partial charge in [0.05, 0.1) is 16.3 Å². The van der Waals surface area contributed by atoms with Crippen LogP contribution in [0.15, 0.2) is 84.9 Å². The first kappa shape index (κ1) is 27.0. The Morgan fingerprint density at radius 2 is 1.46 bits per heavy atom. The van der Waals surface area contributed by atoms with E-state index in [-0.39, 0.29) is 5.56 Å². The number of benzene rings is 3.